The van der Waals surface area contributed by atoms with E-state index in [-0.39, 0.29) is 5.57 Å². The number of benzene rings is 1. The van der Waals surface area contributed by atoms with Gasteiger partial charge in [0, 0.05) is 5.56 Å². The topological polar surface area (TPSA) is 46.5 Å². The number of methoxy groups -OCH3 is 1. The number of carbonyl (C=O) groups excluding carboxylic acids is 1. The molecule has 1 N–H and O–H groups in total. The van der Waals surface area contributed by atoms with Crippen LogP contribution >= 0.6 is 0 Å². The van der Waals surface area contributed by atoms with E-state index in [9.17, 15) is 9.90 Å². The molecule has 0 aromatic heterocycles. The summed E-state index contributed by atoms with van der Waals surface area (Å²) in [7, 11) is 1.23. The minimum absolute atomic E-state index is 0.0640. The van der Waals surface area contributed by atoms with E-state index in [1.807, 2.05) is 18.2 Å². The molecule has 1 aromatic carbocycles. The van der Waals surface area contributed by atoms with Gasteiger partial charge >= 0.3 is 5.97 Å². The van der Waals surface area contributed by atoms with Crippen molar-refractivity contribution < 1.29 is 14.6 Å². The van der Waals surface area contributed by atoms with Gasteiger partial charge in [0.25, 0.3) is 0 Å². The summed E-state index contributed by atoms with van der Waals surface area (Å²) in [4.78, 5) is 11.0. The highest BCUT2D eigenvalue weighted by molar-refractivity contribution is 5.89. The standard InChI is InChI=1S/C13H12O3/c1-10(13(15)16-2)12(14)9-8-11-6-4-3-5-7-11/h3-7,12,14H,1H2,2H3. The first-order valence-electron chi connectivity index (χ1n) is 4.67. The summed E-state index contributed by atoms with van der Waals surface area (Å²) in [6.07, 6.45) is -1.20. The van der Waals surface area contributed by atoms with Crippen molar-refractivity contribution in [3.8, 4) is 11.8 Å². The predicted octanol–water partition coefficient (Wildman–Crippen LogP) is 1.13. The zero-order valence-corrected chi connectivity index (χ0v) is 8.93. The van der Waals surface area contributed by atoms with Crippen LogP contribution in [0, 0.1) is 11.8 Å². The molecule has 0 saturated carbocycles. The summed E-state index contributed by atoms with van der Waals surface area (Å²) in [5.41, 5.74) is 0.699. The molecule has 1 unspecified atom stereocenters. The molecule has 1 atom stereocenters. The van der Waals surface area contributed by atoms with Gasteiger partial charge < -0.3 is 9.84 Å². The van der Waals surface area contributed by atoms with E-state index in [0.717, 1.165) is 5.56 Å². The van der Waals surface area contributed by atoms with Gasteiger partial charge in [0.05, 0.1) is 12.7 Å². The van der Waals surface area contributed by atoms with Gasteiger partial charge in [0.1, 0.15) is 6.10 Å². The summed E-state index contributed by atoms with van der Waals surface area (Å²) in [5, 5.41) is 9.51. The van der Waals surface area contributed by atoms with Crippen molar-refractivity contribution in [2.24, 2.45) is 0 Å². The Kier molecular flexibility index (Phi) is 4.31. The Balaban J connectivity index is 2.72. The minimum Gasteiger partial charge on any atom is -0.466 e. The maximum absolute atomic E-state index is 11.0. The second kappa shape index (κ2) is 5.74. The lowest BCUT2D eigenvalue weighted by molar-refractivity contribution is -0.136. The van der Waals surface area contributed by atoms with Crippen molar-refractivity contribution in [2.45, 2.75) is 6.10 Å². The molecule has 3 nitrogen and oxygen atoms in total. The van der Waals surface area contributed by atoms with Crippen molar-refractivity contribution in [1.82, 2.24) is 0 Å². The van der Waals surface area contributed by atoms with Gasteiger partial charge in [0.2, 0.25) is 0 Å². The lowest BCUT2D eigenvalue weighted by Crippen LogP contribution is -2.16. The average Bonchev–Trinajstić information content (AvgIpc) is 2.35. The van der Waals surface area contributed by atoms with Gasteiger partial charge in [-0.1, -0.05) is 36.6 Å². The highest BCUT2D eigenvalue weighted by Gasteiger charge is 2.14. The van der Waals surface area contributed by atoms with Crippen LogP contribution in [0.15, 0.2) is 42.5 Å². The van der Waals surface area contributed by atoms with Crippen LogP contribution in [-0.4, -0.2) is 24.3 Å². The van der Waals surface area contributed by atoms with Crippen LogP contribution < -0.4 is 0 Å². The minimum atomic E-state index is -1.20. The molecule has 0 saturated heterocycles. The number of rotatable bonds is 2. The van der Waals surface area contributed by atoms with Crippen molar-refractivity contribution in [3.63, 3.8) is 0 Å². The largest absolute Gasteiger partial charge is 0.466 e. The molecule has 16 heavy (non-hydrogen) atoms. The van der Waals surface area contributed by atoms with Crippen molar-refractivity contribution >= 4 is 5.97 Å². The number of hydrogen-bond donors (Lipinski definition) is 1. The number of carbonyl (C=O) groups is 1. The molecule has 0 radical (unpaired) electrons. The number of hydrogen-bond acceptors (Lipinski definition) is 3. The van der Waals surface area contributed by atoms with Gasteiger partial charge in [-0.3, -0.25) is 0 Å². The summed E-state index contributed by atoms with van der Waals surface area (Å²) in [6.45, 7) is 3.41. The van der Waals surface area contributed by atoms with Crippen LogP contribution in [0.4, 0.5) is 0 Å². The molecule has 1 aromatic rings. The monoisotopic (exact) mass is 216 g/mol. The smallest absolute Gasteiger partial charge is 0.336 e. The second-order valence-corrected chi connectivity index (χ2v) is 3.05. The van der Waals surface area contributed by atoms with E-state index in [1.165, 1.54) is 7.11 Å². The van der Waals surface area contributed by atoms with E-state index in [0.29, 0.717) is 0 Å². The third-order valence-corrected chi connectivity index (χ3v) is 1.90. The van der Waals surface area contributed by atoms with E-state index in [4.69, 9.17) is 0 Å². The van der Waals surface area contributed by atoms with Crippen LogP contribution in [0.25, 0.3) is 0 Å². The molecule has 0 heterocycles. The number of aliphatic hydroxyl groups excluding tert-OH is 1. The number of ether oxygens (including phenoxy) is 1. The fraction of sp³-hybridized carbons (Fsp3) is 0.154. The maximum atomic E-state index is 11.0. The Bertz CT molecular complexity index is 437. The highest BCUT2D eigenvalue weighted by Crippen LogP contribution is 2.01. The second-order valence-electron chi connectivity index (χ2n) is 3.05. The summed E-state index contributed by atoms with van der Waals surface area (Å²) < 4.78 is 4.42. The normalized spacial score (nSPS) is 10.9. The van der Waals surface area contributed by atoms with Crippen LogP contribution in [0.5, 0.6) is 0 Å². The van der Waals surface area contributed by atoms with Crippen LogP contribution in [-0.2, 0) is 9.53 Å². The Morgan fingerprint density at radius 3 is 2.62 bits per heavy atom. The van der Waals surface area contributed by atoms with Crippen LogP contribution in [0.2, 0.25) is 0 Å². The maximum Gasteiger partial charge on any atom is 0.336 e. The first-order valence-corrected chi connectivity index (χ1v) is 4.67. The molecular formula is C13H12O3. The third kappa shape index (κ3) is 3.26. The number of aliphatic hydroxyl groups is 1. The molecule has 0 spiro atoms. The number of esters is 1. The zero-order chi connectivity index (χ0) is 12.0. The summed E-state index contributed by atoms with van der Waals surface area (Å²) in [5.74, 6) is 4.60. The Morgan fingerprint density at radius 2 is 2.06 bits per heavy atom. The lowest BCUT2D eigenvalue weighted by atomic mass is 10.1. The van der Waals surface area contributed by atoms with Crippen molar-refractivity contribution in [3.05, 3.63) is 48.0 Å². The average molecular weight is 216 g/mol. The molecule has 82 valence electrons. The van der Waals surface area contributed by atoms with E-state index >= 15 is 0 Å². The molecule has 0 aliphatic rings. The molecule has 3 heteroatoms. The summed E-state index contributed by atoms with van der Waals surface area (Å²) in [6, 6.07) is 9.16. The molecule has 0 amide bonds. The van der Waals surface area contributed by atoms with Crippen molar-refractivity contribution in [1.29, 1.82) is 0 Å². The summed E-state index contributed by atoms with van der Waals surface area (Å²) >= 11 is 0. The molecule has 0 bridgehead atoms. The van der Waals surface area contributed by atoms with Gasteiger partial charge in [0.15, 0.2) is 0 Å². The van der Waals surface area contributed by atoms with E-state index in [2.05, 4.69) is 23.2 Å². The predicted molar refractivity (Wildman–Crippen MR) is 60.5 cm³/mol. The first-order chi connectivity index (χ1) is 7.65. The van der Waals surface area contributed by atoms with Gasteiger partial charge in [-0.15, -0.1) is 0 Å². The first kappa shape index (κ1) is 12.0. The quantitative estimate of drug-likeness (QED) is 0.458. The molecule has 0 aliphatic carbocycles. The van der Waals surface area contributed by atoms with Gasteiger partial charge in [-0.05, 0) is 12.1 Å². The highest BCUT2D eigenvalue weighted by atomic mass is 16.5. The van der Waals surface area contributed by atoms with Crippen LogP contribution in [0.3, 0.4) is 0 Å². The fourth-order valence-electron chi connectivity index (χ4n) is 1.00. The van der Waals surface area contributed by atoms with Gasteiger partial charge in [-0.2, -0.15) is 0 Å². The zero-order valence-electron chi connectivity index (χ0n) is 8.93. The molecular weight excluding hydrogens is 204 g/mol. The molecule has 1 rings (SSSR count). The Hall–Kier alpha value is -2.05. The Labute approximate surface area is 94.4 Å². The Morgan fingerprint density at radius 1 is 1.44 bits per heavy atom. The molecule has 0 fully saturated rings. The lowest BCUT2D eigenvalue weighted by Gasteiger charge is -2.04. The molecule has 0 aliphatic heterocycles. The van der Waals surface area contributed by atoms with Crippen molar-refractivity contribution in [2.75, 3.05) is 7.11 Å². The van der Waals surface area contributed by atoms with Crippen LogP contribution in [0.1, 0.15) is 5.56 Å². The van der Waals surface area contributed by atoms with Gasteiger partial charge in [-0.25, -0.2) is 4.79 Å². The third-order valence-electron chi connectivity index (χ3n) is 1.90. The SMILES string of the molecule is C=C(C(=O)OC)C(O)C#Cc1ccccc1. The van der Waals surface area contributed by atoms with E-state index in [1.54, 1.807) is 12.1 Å². The van der Waals surface area contributed by atoms with E-state index < -0.39 is 12.1 Å². The fourth-order valence-corrected chi connectivity index (χ4v) is 1.00.